The monoisotopic (exact) mass is 478 g/mol. The van der Waals surface area contributed by atoms with Crippen LogP contribution in [0.5, 0.6) is 0 Å². The Bertz CT molecular complexity index is 310. The highest BCUT2D eigenvalue weighted by Gasteiger charge is 2.09. The normalized spacial score (nSPS) is 11.9. The summed E-state index contributed by atoms with van der Waals surface area (Å²) in [6, 6.07) is 0. The number of halogens is 1. The van der Waals surface area contributed by atoms with E-state index in [1.54, 1.807) is 0 Å². The van der Waals surface area contributed by atoms with E-state index >= 15 is 0 Å². The predicted molar refractivity (Wildman–Crippen MR) is 127 cm³/mol. The van der Waals surface area contributed by atoms with Crippen molar-refractivity contribution in [2.75, 3.05) is 31.8 Å². The second-order valence-corrected chi connectivity index (χ2v) is 8.53. The fourth-order valence-corrected chi connectivity index (χ4v) is 3.45. The summed E-state index contributed by atoms with van der Waals surface area (Å²) < 4.78 is 12.0. The summed E-state index contributed by atoms with van der Waals surface area (Å²) in [5.74, 6) is 0. The third-order valence-electron chi connectivity index (χ3n) is 4.97. The van der Waals surface area contributed by atoms with Gasteiger partial charge in [0.05, 0.1) is 0 Å². The maximum Gasteiger partial charge on any atom is 0.157 e. The Morgan fingerprint density at radius 1 is 0.586 bits per heavy atom. The Kier molecular flexibility index (Phi) is 26.1. The van der Waals surface area contributed by atoms with Gasteiger partial charge < -0.3 is 19.7 Å². The van der Waals surface area contributed by atoms with E-state index in [4.69, 9.17) is 19.7 Å². The largest absolute Gasteiger partial charge is 0.396 e. The number of hydrogen-bond acceptors (Lipinski definition) is 4. The van der Waals surface area contributed by atoms with Crippen LogP contribution in [0.1, 0.15) is 103 Å². The maximum atomic E-state index is 8.84. The molecule has 0 heterocycles. The van der Waals surface area contributed by atoms with Crippen LogP contribution in [0.3, 0.4) is 0 Å². The van der Waals surface area contributed by atoms with Crippen LogP contribution in [0.15, 0.2) is 12.2 Å². The highest BCUT2D eigenvalue weighted by Crippen LogP contribution is 2.14. The lowest BCUT2D eigenvalue weighted by Gasteiger charge is -2.19. The first kappa shape index (κ1) is 29.1. The predicted octanol–water partition coefficient (Wildman–Crippen LogP) is 6.52. The van der Waals surface area contributed by atoms with Gasteiger partial charge in [-0.1, -0.05) is 73.0 Å². The highest BCUT2D eigenvalue weighted by molar-refractivity contribution is 9.09. The lowest BCUT2D eigenvalue weighted by Crippen LogP contribution is -2.19. The second-order valence-electron chi connectivity index (χ2n) is 7.74. The molecule has 0 aliphatic carbocycles. The lowest BCUT2D eigenvalue weighted by molar-refractivity contribution is -0.148. The van der Waals surface area contributed by atoms with Crippen molar-refractivity contribution < 1.29 is 19.7 Å². The fourth-order valence-electron chi connectivity index (χ4n) is 3.18. The molecule has 0 aliphatic rings. The van der Waals surface area contributed by atoms with Crippen molar-refractivity contribution in [2.24, 2.45) is 0 Å². The summed E-state index contributed by atoms with van der Waals surface area (Å²) in [6.07, 6.45) is 22.3. The van der Waals surface area contributed by atoms with Gasteiger partial charge in [-0.05, 0) is 57.8 Å². The van der Waals surface area contributed by atoms with Crippen LogP contribution >= 0.6 is 15.9 Å². The van der Waals surface area contributed by atoms with Crippen LogP contribution < -0.4 is 0 Å². The summed E-state index contributed by atoms with van der Waals surface area (Å²) in [5.41, 5.74) is 0. The molecule has 0 aromatic carbocycles. The number of ether oxygens (including phenoxy) is 2. The Balaban J connectivity index is 3.79. The first-order valence-corrected chi connectivity index (χ1v) is 13.1. The molecule has 0 radical (unpaired) electrons. The summed E-state index contributed by atoms with van der Waals surface area (Å²) in [5, 5.41) is 18.7. The minimum atomic E-state index is -0.0714. The molecule has 4 nitrogen and oxygen atoms in total. The van der Waals surface area contributed by atoms with Gasteiger partial charge in [-0.15, -0.1) is 0 Å². The molecule has 0 unspecified atom stereocenters. The Hall–Kier alpha value is 0.0600. The van der Waals surface area contributed by atoms with Crippen LogP contribution in [0.4, 0.5) is 0 Å². The average molecular weight is 480 g/mol. The molecule has 29 heavy (non-hydrogen) atoms. The van der Waals surface area contributed by atoms with Crippen LogP contribution in [0.2, 0.25) is 0 Å². The first-order valence-electron chi connectivity index (χ1n) is 12.0. The smallest absolute Gasteiger partial charge is 0.157 e. The highest BCUT2D eigenvalue weighted by atomic mass is 79.9. The van der Waals surface area contributed by atoms with Crippen molar-refractivity contribution in [3.63, 3.8) is 0 Å². The van der Waals surface area contributed by atoms with E-state index < -0.39 is 0 Å². The zero-order chi connectivity index (χ0) is 21.3. The van der Waals surface area contributed by atoms with Gasteiger partial charge in [0.15, 0.2) is 6.29 Å². The van der Waals surface area contributed by atoms with E-state index in [0.29, 0.717) is 0 Å². The zero-order valence-corrected chi connectivity index (χ0v) is 20.3. The van der Waals surface area contributed by atoms with E-state index in [0.717, 1.165) is 82.8 Å². The molecule has 2 N–H and O–H groups in total. The summed E-state index contributed by atoms with van der Waals surface area (Å²) in [4.78, 5) is 0. The van der Waals surface area contributed by atoms with Gasteiger partial charge >= 0.3 is 0 Å². The third-order valence-corrected chi connectivity index (χ3v) is 5.42. The van der Waals surface area contributed by atoms with Gasteiger partial charge in [0.25, 0.3) is 0 Å². The molecular formula is C24H47BrO4. The Labute approximate surface area is 188 Å². The molecule has 5 heteroatoms. The number of unbranched alkanes of at least 4 members (excludes halogenated alkanes) is 11. The molecule has 0 aromatic rings. The molecule has 0 aromatic heterocycles. The molecule has 0 fully saturated rings. The van der Waals surface area contributed by atoms with E-state index in [9.17, 15) is 0 Å². The second kappa shape index (κ2) is 26.1. The Morgan fingerprint density at radius 2 is 1.07 bits per heavy atom. The summed E-state index contributed by atoms with van der Waals surface area (Å²) in [6.45, 7) is 2.08. The molecule has 0 amide bonds. The molecule has 0 spiro atoms. The fraction of sp³-hybridized carbons (Fsp3) is 0.917. The molecule has 0 saturated heterocycles. The topological polar surface area (TPSA) is 58.9 Å². The van der Waals surface area contributed by atoms with Gasteiger partial charge in [-0.3, -0.25) is 0 Å². The van der Waals surface area contributed by atoms with E-state index in [2.05, 4.69) is 28.1 Å². The summed E-state index contributed by atoms with van der Waals surface area (Å²) in [7, 11) is 0. The first-order chi connectivity index (χ1) is 14.3. The number of aliphatic hydroxyl groups is 2. The van der Waals surface area contributed by atoms with Gasteiger partial charge in [-0.2, -0.15) is 0 Å². The zero-order valence-electron chi connectivity index (χ0n) is 18.7. The number of allylic oxidation sites excluding steroid dienone is 2. The maximum absolute atomic E-state index is 8.84. The molecule has 0 bridgehead atoms. The lowest BCUT2D eigenvalue weighted by atomic mass is 10.1. The third kappa shape index (κ3) is 24.2. The molecule has 174 valence electrons. The molecular weight excluding hydrogens is 432 g/mol. The van der Waals surface area contributed by atoms with Gasteiger partial charge in [-0.25, -0.2) is 0 Å². The van der Waals surface area contributed by atoms with Crippen molar-refractivity contribution in [1.82, 2.24) is 0 Å². The van der Waals surface area contributed by atoms with Gasteiger partial charge in [0.1, 0.15) is 0 Å². The molecule has 0 rings (SSSR count). The van der Waals surface area contributed by atoms with Crippen LogP contribution in [0.25, 0.3) is 0 Å². The summed E-state index contributed by atoms with van der Waals surface area (Å²) >= 11 is 3.44. The SMILES string of the molecule is OCCCCCCOC(CCCCCCC/C=C/CCBr)OCCCCCCO. The number of alkyl halides is 1. The van der Waals surface area contributed by atoms with E-state index in [1.165, 1.54) is 38.5 Å². The number of hydrogen-bond donors (Lipinski definition) is 2. The number of rotatable bonds is 24. The minimum absolute atomic E-state index is 0.0714. The molecule has 0 saturated carbocycles. The van der Waals surface area contributed by atoms with Gasteiger partial charge in [0.2, 0.25) is 0 Å². The van der Waals surface area contributed by atoms with Crippen LogP contribution in [0, 0.1) is 0 Å². The Morgan fingerprint density at radius 3 is 1.66 bits per heavy atom. The van der Waals surface area contributed by atoms with Crippen molar-refractivity contribution in [3.05, 3.63) is 12.2 Å². The van der Waals surface area contributed by atoms with E-state index in [1.807, 2.05) is 0 Å². The quantitative estimate of drug-likeness (QED) is 0.0716. The van der Waals surface area contributed by atoms with Crippen molar-refractivity contribution >= 4 is 15.9 Å². The average Bonchev–Trinajstić information content (AvgIpc) is 2.73. The van der Waals surface area contributed by atoms with Crippen LogP contribution in [-0.2, 0) is 9.47 Å². The standard InChI is InChI=1S/C24H47BrO4/c25-19-13-7-5-3-1-2-4-6-12-18-24(28-22-16-10-8-14-20-26)29-23-17-11-9-15-21-27/h5,7,24,26-27H,1-4,6,8-23H2/b7-5+. The van der Waals surface area contributed by atoms with Gasteiger partial charge in [0, 0.05) is 31.8 Å². The van der Waals surface area contributed by atoms with E-state index in [-0.39, 0.29) is 19.5 Å². The van der Waals surface area contributed by atoms with Crippen LogP contribution in [-0.4, -0.2) is 48.3 Å². The number of aliphatic hydroxyl groups excluding tert-OH is 2. The molecule has 0 atom stereocenters. The van der Waals surface area contributed by atoms with Crippen molar-refractivity contribution in [2.45, 2.75) is 109 Å². The minimum Gasteiger partial charge on any atom is -0.396 e. The van der Waals surface area contributed by atoms with Crippen molar-refractivity contribution in [1.29, 1.82) is 0 Å². The van der Waals surface area contributed by atoms with Crippen molar-refractivity contribution in [3.8, 4) is 0 Å². The molecule has 0 aliphatic heterocycles.